The first-order valence-corrected chi connectivity index (χ1v) is 10.7. The van der Waals surface area contributed by atoms with Gasteiger partial charge in [-0.1, -0.05) is 36.0 Å². The number of benzene rings is 2. The van der Waals surface area contributed by atoms with Gasteiger partial charge in [0.15, 0.2) is 28.3 Å². The lowest BCUT2D eigenvalue weighted by molar-refractivity contribution is -0.113. The van der Waals surface area contributed by atoms with Crippen LogP contribution in [0.3, 0.4) is 0 Å². The summed E-state index contributed by atoms with van der Waals surface area (Å²) in [6.45, 7) is 4.34. The topological polar surface area (TPSA) is 95.3 Å². The van der Waals surface area contributed by atoms with E-state index >= 15 is 0 Å². The van der Waals surface area contributed by atoms with E-state index in [0.29, 0.717) is 40.3 Å². The predicted molar refractivity (Wildman–Crippen MR) is 119 cm³/mol. The summed E-state index contributed by atoms with van der Waals surface area (Å²) in [5.74, 6) is 1.84. The van der Waals surface area contributed by atoms with Crippen LogP contribution in [0.2, 0.25) is 0 Å². The summed E-state index contributed by atoms with van der Waals surface area (Å²) < 4.78 is 13.0. The number of ether oxygens (including phenoxy) is 2. The number of anilines is 1. The van der Waals surface area contributed by atoms with E-state index in [1.807, 2.05) is 35.8 Å². The zero-order valence-electron chi connectivity index (χ0n) is 17.6. The predicted octanol–water partition coefficient (Wildman–Crippen LogP) is 3.82. The first kappa shape index (κ1) is 22.4. The van der Waals surface area contributed by atoms with E-state index in [9.17, 15) is 9.59 Å². The highest BCUT2D eigenvalue weighted by Gasteiger charge is 2.15. The molecule has 31 heavy (non-hydrogen) atoms. The maximum Gasteiger partial charge on any atom is 0.234 e. The minimum Gasteiger partial charge on any atom is -0.493 e. The van der Waals surface area contributed by atoms with Crippen LogP contribution in [0.25, 0.3) is 0 Å². The molecule has 1 aromatic heterocycles. The van der Waals surface area contributed by atoms with Gasteiger partial charge in [-0.25, -0.2) is 0 Å². The van der Waals surface area contributed by atoms with E-state index in [2.05, 4.69) is 15.5 Å². The molecule has 1 N–H and O–H groups in total. The molecular formula is C22H24N4O4S. The molecule has 0 spiro atoms. The number of ketones is 1. The summed E-state index contributed by atoms with van der Waals surface area (Å²) in [5, 5.41) is 11.8. The van der Waals surface area contributed by atoms with Gasteiger partial charge in [0.25, 0.3) is 0 Å². The lowest BCUT2D eigenvalue weighted by atomic mass is 10.1. The largest absolute Gasteiger partial charge is 0.493 e. The Morgan fingerprint density at radius 2 is 1.87 bits per heavy atom. The Kier molecular flexibility index (Phi) is 7.66. The Balaban J connectivity index is 1.59. The lowest BCUT2D eigenvalue weighted by Gasteiger charge is -2.11. The standard InChI is InChI=1S/C22H24N4O4S/c1-4-26-20(13-30-19-11-6-5-10-18(19)29-3)24-25-22(26)31-14-21(28)23-17-9-7-8-16(12-17)15(2)27/h5-12H,4,13-14H2,1-3H3,(H,23,28). The number of thioether (sulfide) groups is 1. The molecule has 0 saturated heterocycles. The van der Waals surface area contributed by atoms with Crippen LogP contribution in [-0.4, -0.2) is 39.3 Å². The van der Waals surface area contributed by atoms with Crippen molar-refractivity contribution in [2.24, 2.45) is 0 Å². The third-order valence-corrected chi connectivity index (χ3v) is 5.39. The summed E-state index contributed by atoms with van der Waals surface area (Å²) >= 11 is 1.29. The maximum atomic E-state index is 12.3. The molecule has 0 aliphatic carbocycles. The third-order valence-electron chi connectivity index (χ3n) is 4.42. The number of aromatic nitrogens is 3. The molecule has 0 aliphatic rings. The van der Waals surface area contributed by atoms with Crippen LogP contribution in [0.15, 0.2) is 53.7 Å². The maximum absolute atomic E-state index is 12.3. The van der Waals surface area contributed by atoms with Gasteiger partial charge >= 0.3 is 0 Å². The third kappa shape index (κ3) is 5.85. The van der Waals surface area contributed by atoms with Crippen LogP contribution in [-0.2, 0) is 17.9 Å². The van der Waals surface area contributed by atoms with Gasteiger partial charge in [0, 0.05) is 17.8 Å². The van der Waals surface area contributed by atoms with Gasteiger partial charge in [-0.3, -0.25) is 9.59 Å². The van der Waals surface area contributed by atoms with Gasteiger partial charge in [0.1, 0.15) is 6.61 Å². The number of hydrogen-bond acceptors (Lipinski definition) is 7. The first-order valence-electron chi connectivity index (χ1n) is 9.73. The second-order valence-corrected chi connectivity index (χ2v) is 7.50. The number of hydrogen-bond donors (Lipinski definition) is 1. The van der Waals surface area contributed by atoms with Crippen molar-refractivity contribution in [2.75, 3.05) is 18.2 Å². The van der Waals surface area contributed by atoms with Crippen LogP contribution in [0.1, 0.15) is 30.0 Å². The van der Waals surface area contributed by atoms with E-state index in [1.165, 1.54) is 18.7 Å². The molecule has 2 aromatic carbocycles. The number of methoxy groups -OCH3 is 1. The molecule has 0 aliphatic heterocycles. The molecule has 8 nitrogen and oxygen atoms in total. The lowest BCUT2D eigenvalue weighted by Crippen LogP contribution is -2.15. The number of rotatable bonds is 10. The number of para-hydroxylation sites is 2. The summed E-state index contributed by atoms with van der Waals surface area (Å²) in [6, 6.07) is 14.2. The van der Waals surface area contributed by atoms with Crippen LogP contribution in [0.5, 0.6) is 11.5 Å². The number of carbonyl (C=O) groups excluding carboxylic acids is 2. The molecule has 0 saturated carbocycles. The van der Waals surface area contributed by atoms with Crippen molar-refractivity contribution in [3.05, 3.63) is 59.9 Å². The monoisotopic (exact) mass is 440 g/mol. The highest BCUT2D eigenvalue weighted by atomic mass is 32.2. The summed E-state index contributed by atoms with van der Waals surface area (Å²) in [6.07, 6.45) is 0. The highest BCUT2D eigenvalue weighted by Crippen LogP contribution is 2.27. The van der Waals surface area contributed by atoms with Crippen molar-refractivity contribution < 1.29 is 19.1 Å². The molecule has 0 radical (unpaired) electrons. The van der Waals surface area contributed by atoms with Crippen LogP contribution >= 0.6 is 11.8 Å². The van der Waals surface area contributed by atoms with E-state index in [0.717, 1.165) is 0 Å². The molecule has 0 atom stereocenters. The number of nitrogens with one attached hydrogen (secondary N) is 1. The molecule has 162 valence electrons. The Bertz CT molecular complexity index is 1070. The fraction of sp³-hybridized carbons (Fsp3) is 0.273. The number of nitrogens with zero attached hydrogens (tertiary/aromatic N) is 3. The van der Waals surface area contributed by atoms with E-state index in [1.54, 1.807) is 31.4 Å². The number of amides is 1. The molecule has 0 bridgehead atoms. The Morgan fingerprint density at radius 1 is 1.10 bits per heavy atom. The summed E-state index contributed by atoms with van der Waals surface area (Å²) in [4.78, 5) is 23.8. The fourth-order valence-corrected chi connectivity index (χ4v) is 3.69. The van der Waals surface area contributed by atoms with Crippen molar-refractivity contribution in [1.29, 1.82) is 0 Å². The Hall–Kier alpha value is -3.33. The van der Waals surface area contributed by atoms with Gasteiger partial charge in [0.05, 0.1) is 12.9 Å². The zero-order valence-corrected chi connectivity index (χ0v) is 18.4. The summed E-state index contributed by atoms with van der Waals surface area (Å²) in [7, 11) is 1.59. The quantitative estimate of drug-likeness (QED) is 0.378. The van der Waals surface area contributed by atoms with Crippen LogP contribution in [0.4, 0.5) is 5.69 Å². The summed E-state index contributed by atoms with van der Waals surface area (Å²) in [5.41, 5.74) is 1.14. The minimum atomic E-state index is -0.192. The Morgan fingerprint density at radius 3 is 2.58 bits per heavy atom. The van der Waals surface area contributed by atoms with Crippen LogP contribution in [0, 0.1) is 0 Å². The average molecular weight is 441 g/mol. The second-order valence-electron chi connectivity index (χ2n) is 6.56. The molecule has 1 heterocycles. The van der Waals surface area contributed by atoms with Crippen LogP contribution < -0.4 is 14.8 Å². The van der Waals surface area contributed by atoms with Crippen molar-refractivity contribution >= 4 is 29.1 Å². The molecule has 0 unspecified atom stereocenters. The van der Waals surface area contributed by atoms with Crippen molar-refractivity contribution in [1.82, 2.24) is 14.8 Å². The molecular weight excluding hydrogens is 416 g/mol. The van der Waals surface area contributed by atoms with Crippen molar-refractivity contribution in [2.45, 2.75) is 32.2 Å². The molecule has 3 rings (SSSR count). The number of Topliss-reactive ketones (excluding diaryl/α,β-unsaturated/α-hetero) is 1. The van der Waals surface area contributed by atoms with Gasteiger partial charge in [-0.15, -0.1) is 10.2 Å². The van der Waals surface area contributed by atoms with E-state index in [4.69, 9.17) is 9.47 Å². The molecule has 0 fully saturated rings. The Labute approximate surface area is 185 Å². The normalized spacial score (nSPS) is 10.5. The minimum absolute atomic E-state index is 0.0515. The van der Waals surface area contributed by atoms with E-state index in [-0.39, 0.29) is 24.1 Å². The SMILES string of the molecule is CCn1c(COc2ccccc2OC)nnc1SCC(=O)Nc1cccc(C(C)=O)c1. The van der Waals surface area contributed by atoms with Gasteiger partial charge in [0.2, 0.25) is 5.91 Å². The zero-order chi connectivity index (χ0) is 22.2. The van der Waals surface area contributed by atoms with Gasteiger partial charge < -0.3 is 19.4 Å². The fourth-order valence-electron chi connectivity index (χ4n) is 2.87. The second kappa shape index (κ2) is 10.6. The van der Waals surface area contributed by atoms with E-state index < -0.39 is 0 Å². The molecule has 1 amide bonds. The van der Waals surface area contributed by atoms with Gasteiger partial charge in [-0.05, 0) is 38.1 Å². The van der Waals surface area contributed by atoms with Crippen molar-refractivity contribution in [3.8, 4) is 11.5 Å². The molecule has 3 aromatic rings. The highest BCUT2D eigenvalue weighted by molar-refractivity contribution is 7.99. The first-order chi connectivity index (χ1) is 15.0. The van der Waals surface area contributed by atoms with Crippen molar-refractivity contribution in [3.63, 3.8) is 0 Å². The smallest absolute Gasteiger partial charge is 0.234 e. The van der Waals surface area contributed by atoms with Gasteiger partial charge in [-0.2, -0.15) is 0 Å². The molecule has 9 heteroatoms. The number of carbonyl (C=O) groups is 2. The average Bonchev–Trinajstić information content (AvgIpc) is 3.18.